The summed E-state index contributed by atoms with van der Waals surface area (Å²) in [6, 6.07) is 17.4. The molecule has 21 heavy (non-hydrogen) atoms. The van der Waals surface area contributed by atoms with E-state index >= 15 is 0 Å². The number of para-hydroxylation sites is 2. The number of rotatable bonds is 5. The molecule has 1 aliphatic rings. The Balaban J connectivity index is 1.70. The molecule has 0 saturated heterocycles. The van der Waals surface area contributed by atoms with Crippen molar-refractivity contribution in [2.75, 3.05) is 6.54 Å². The van der Waals surface area contributed by atoms with Crippen molar-refractivity contribution in [3.8, 4) is 11.5 Å². The quantitative estimate of drug-likeness (QED) is 0.916. The van der Waals surface area contributed by atoms with Crippen molar-refractivity contribution in [1.29, 1.82) is 0 Å². The van der Waals surface area contributed by atoms with Gasteiger partial charge in [-0.25, -0.2) is 0 Å². The number of benzene rings is 2. The summed E-state index contributed by atoms with van der Waals surface area (Å²) in [4.78, 5) is 11.1. The smallest absolute Gasteiger partial charge is 0.247 e. The monoisotopic (exact) mass is 281 g/mol. The maximum atomic E-state index is 11.1. The Hall–Kier alpha value is -2.75. The van der Waals surface area contributed by atoms with Crippen molar-refractivity contribution in [2.24, 2.45) is 0 Å². The lowest BCUT2D eigenvalue weighted by molar-refractivity contribution is -0.115. The Kier molecular flexibility index (Phi) is 3.87. The molecule has 1 N–H and O–H groups in total. The molecule has 0 radical (unpaired) electrons. The van der Waals surface area contributed by atoms with Gasteiger partial charge in [0.15, 0.2) is 11.5 Å². The molecule has 1 aliphatic heterocycles. The Morgan fingerprint density at radius 1 is 0.952 bits per heavy atom. The Morgan fingerprint density at radius 2 is 1.67 bits per heavy atom. The maximum Gasteiger partial charge on any atom is 0.247 e. The molecule has 106 valence electrons. The molecule has 1 amide bonds. The van der Waals surface area contributed by atoms with E-state index in [0.717, 1.165) is 5.56 Å². The number of carbonyl (C=O) groups excluding carboxylic acids is 1. The highest BCUT2D eigenvalue weighted by molar-refractivity contribution is 5.90. The summed E-state index contributed by atoms with van der Waals surface area (Å²) in [6.07, 6.45) is 1.45. The van der Waals surface area contributed by atoms with Crippen LogP contribution in [0.5, 0.6) is 11.5 Å². The van der Waals surface area contributed by atoms with Gasteiger partial charge in [0, 0.05) is 6.08 Å². The van der Waals surface area contributed by atoms with E-state index in [-0.39, 0.29) is 5.91 Å². The maximum absolute atomic E-state index is 11.1. The van der Waals surface area contributed by atoms with E-state index in [1.165, 1.54) is 6.08 Å². The number of hydrogen-bond donors (Lipinski definition) is 1. The first-order valence-electron chi connectivity index (χ1n) is 6.73. The number of amides is 1. The van der Waals surface area contributed by atoms with Crippen LogP contribution in [-0.4, -0.2) is 12.5 Å². The van der Waals surface area contributed by atoms with Gasteiger partial charge in [-0.05, 0) is 17.7 Å². The van der Waals surface area contributed by atoms with E-state index < -0.39 is 0 Å². The molecule has 1 heterocycles. The minimum atomic E-state index is -0.132. The molecule has 0 bridgehead atoms. The molecule has 0 fully saturated rings. The van der Waals surface area contributed by atoms with Gasteiger partial charge in [-0.3, -0.25) is 4.79 Å². The van der Waals surface area contributed by atoms with Crippen LogP contribution in [-0.2, 0) is 11.4 Å². The largest absolute Gasteiger partial charge is 0.485 e. The van der Waals surface area contributed by atoms with E-state index in [9.17, 15) is 4.79 Å². The first-order valence-corrected chi connectivity index (χ1v) is 6.73. The van der Waals surface area contributed by atoms with Crippen LogP contribution in [0.4, 0.5) is 0 Å². The topological polar surface area (TPSA) is 47.6 Å². The van der Waals surface area contributed by atoms with Gasteiger partial charge in [-0.15, -0.1) is 0 Å². The summed E-state index contributed by atoms with van der Waals surface area (Å²) in [5.41, 5.74) is 1.09. The number of nitrogens with one attached hydrogen (secondary N) is 1. The minimum Gasteiger partial charge on any atom is -0.485 e. The van der Waals surface area contributed by atoms with Gasteiger partial charge < -0.3 is 14.8 Å². The molecule has 4 nitrogen and oxygen atoms in total. The Morgan fingerprint density at radius 3 is 2.38 bits per heavy atom. The van der Waals surface area contributed by atoms with Crippen LogP contribution in [0.3, 0.4) is 0 Å². The van der Waals surface area contributed by atoms with Crippen LogP contribution < -0.4 is 14.8 Å². The highest BCUT2D eigenvalue weighted by Gasteiger charge is 2.14. The molecule has 4 heteroatoms. The second-order valence-corrected chi connectivity index (χ2v) is 4.65. The van der Waals surface area contributed by atoms with Crippen LogP contribution >= 0.6 is 0 Å². The van der Waals surface area contributed by atoms with Crippen LogP contribution in [0, 0.1) is 0 Å². The van der Waals surface area contributed by atoms with Crippen LogP contribution in [0.2, 0.25) is 0 Å². The van der Waals surface area contributed by atoms with E-state index in [0.29, 0.717) is 30.4 Å². The average molecular weight is 281 g/mol. The predicted octanol–water partition coefficient (Wildman–Crippen LogP) is 2.66. The molecular formula is C17H15NO3. The van der Waals surface area contributed by atoms with Gasteiger partial charge in [-0.2, -0.15) is 0 Å². The number of carbonyl (C=O) groups is 1. The molecular weight excluding hydrogens is 266 g/mol. The van der Waals surface area contributed by atoms with Gasteiger partial charge >= 0.3 is 0 Å². The Bertz CT molecular complexity index is 665. The van der Waals surface area contributed by atoms with Crippen molar-refractivity contribution >= 4 is 5.91 Å². The normalized spacial score (nSPS) is 13.5. The van der Waals surface area contributed by atoms with Crippen molar-refractivity contribution in [3.05, 3.63) is 72.0 Å². The molecule has 0 aromatic heterocycles. The fourth-order valence-corrected chi connectivity index (χ4v) is 2.02. The lowest BCUT2D eigenvalue weighted by atomic mass is 10.2. The van der Waals surface area contributed by atoms with Crippen LogP contribution in [0.25, 0.3) is 0 Å². The predicted molar refractivity (Wildman–Crippen MR) is 78.9 cm³/mol. The molecule has 0 atom stereocenters. The van der Waals surface area contributed by atoms with Crippen LogP contribution in [0.15, 0.2) is 66.4 Å². The number of ether oxygens (including phenoxy) is 2. The summed E-state index contributed by atoms with van der Waals surface area (Å²) in [6.45, 7) is 0.878. The third-order valence-corrected chi connectivity index (χ3v) is 3.06. The van der Waals surface area contributed by atoms with Gasteiger partial charge in [0.2, 0.25) is 5.91 Å². The van der Waals surface area contributed by atoms with E-state index in [2.05, 4.69) is 5.32 Å². The SMILES string of the molecule is O=C1C=C(Oc2ccccc2OCc2ccccc2)CN1. The van der Waals surface area contributed by atoms with Crippen molar-refractivity contribution in [2.45, 2.75) is 6.61 Å². The standard InChI is InChI=1S/C17H15NO3/c19-17-10-14(11-18-17)21-16-9-5-4-8-15(16)20-12-13-6-2-1-3-7-13/h1-10H,11-12H2,(H,18,19). The molecule has 0 saturated carbocycles. The van der Waals surface area contributed by atoms with Gasteiger partial charge in [0.1, 0.15) is 12.4 Å². The first kappa shape index (κ1) is 13.2. The van der Waals surface area contributed by atoms with Gasteiger partial charge in [0.05, 0.1) is 6.54 Å². The number of hydrogen-bond acceptors (Lipinski definition) is 3. The molecule has 2 aromatic carbocycles. The fourth-order valence-electron chi connectivity index (χ4n) is 2.02. The first-order chi connectivity index (χ1) is 10.3. The molecule has 0 spiro atoms. The summed E-state index contributed by atoms with van der Waals surface area (Å²) in [5.74, 6) is 1.72. The highest BCUT2D eigenvalue weighted by atomic mass is 16.5. The lowest BCUT2D eigenvalue weighted by Gasteiger charge is -2.12. The lowest BCUT2D eigenvalue weighted by Crippen LogP contribution is -2.16. The molecule has 3 rings (SSSR count). The molecule has 2 aromatic rings. The molecule has 0 aliphatic carbocycles. The third-order valence-electron chi connectivity index (χ3n) is 3.06. The summed E-state index contributed by atoms with van der Waals surface area (Å²) in [5, 5.41) is 2.67. The summed E-state index contributed by atoms with van der Waals surface area (Å²) >= 11 is 0. The second-order valence-electron chi connectivity index (χ2n) is 4.65. The van der Waals surface area contributed by atoms with Gasteiger partial charge in [-0.1, -0.05) is 42.5 Å². The van der Waals surface area contributed by atoms with Crippen LogP contribution in [0.1, 0.15) is 5.56 Å². The molecule has 0 unspecified atom stereocenters. The van der Waals surface area contributed by atoms with Crippen molar-refractivity contribution < 1.29 is 14.3 Å². The zero-order valence-electron chi connectivity index (χ0n) is 11.4. The van der Waals surface area contributed by atoms with E-state index in [1.807, 2.05) is 54.6 Å². The Labute approximate surface area is 123 Å². The van der Waals surface area contributed by atoms with E-state index in [4.69, 9.17) is 9.47 Å². The van der Waals surface area contributed by atoms with Crippen molar-refractivity contribution in [1.82, 2.24) is 5.32 Å². The average Bonchev–Trinajstić information content (AvgIpc) is 2.93. The van der Waals surface area contributed by atoms with Crippen molar-refractivity contribution in [3.63, 3.8) is 0 Å². The third kappa shape index (κ3) is 3.42. The zero-order valence-corrected chi connectivity index (χ0v) is 11.4. The van der Waals surface area contributed by atoms with Gasteiger partial charge in [0.25, 0.3) is 0 Å². The fraction of sp³-hybridized carbons (Fsp3) is 0.118. The minimum absolute atomic E-state index is 0.132. The highest BCUT2D eigenvalue weighted by Crippen LogP contribution is 2.29. The zero-order chi connectivity index (χ0) is 14.5. The van der Waals surface area contributed by atoms with E-state index in [1.54, 1.807) is 0 Å². The summed E-state index contributed by atoms with van der Waals surface area (Å²) in [7, 11) is 0. The second kappa shape index (κ2) is 6.13. The summed E-state index contributed by atoms with van der Waals surface area (Å²) < 4.78 is 11.5.